The van der Waals surface area contributed by atoms with Crippen molar-refractivity contribution in [1.29, 1.82) is 0 Å². The molecule has 0 atom stereocenters. The molecule has 0 aliphatic heterocycles. The third-order valence-electron chi connectivity index (χ3n) is 3.78. The van der Waals surface area contributed by atoms with E-state index in [-0.39, 0.29) is 11.5 Å². The van der Waals surface area contributed by atoms with Gasteiger partial charge in [-0.2, -0.15) is 0 Å². The molecule has 2 aromatic rings. The normalized spacial score (nSPS) is 14.0. The lowest BCUT2D eigenvalue weighted by atomic mass is 10.1. The van der Waals surface area contributed by atoms with E-state index in [1.165, 1.54) is 17.2 Å². The Morgan fingerprint density at radius 2 is 1.81 bits per heavy atom. The lowest BCUT2D eigenvalue weighted by Crippen LogP contribution is -2.15. The third-order valence-corrected chi connectivity index (χ3v) is 5.26. The summed E-state index contributed by atoms with van der Waals surface area (Å²) in [6.45, 7) is -0.304. The van der Waals surface area contributed by atoms with Crippen LogP contribution in [0, 0.1) is 0 Å². The molecule has 0 heterocycles. The van der Waals surface area contributed by atoms with Gasteiger partial charge in [0.15, 0.2) is 0 Å². The van der Waals surface area contributed by atoms with Gasteiger partial charge in [-0.3, -0.25) is 4.72 Å². The van der Waals surface area contributed by atoms with Crippen LogP contribution in [0.15, 0.2) is 47.4 Å². The maximum atomic E-state index is 12.5. The van der Waals surface area contributed by atoms with E-state index in [9.17, 15) is 13.5 Å². The Hall–Kier alpha value is -1.85. The zero-order chi connectivity index (χ0) is 14.9. The van der Waals surface area contributed by atoms with Crippen LogP contribution in [0.1, 0.15) is 23.1 Å². The zero-order valence-corrected chi connectivity index (χ0v) is 12.4. The van der Waals surface area contributed by atoms with Crippen LogP contribution in [0.2, 0.25) is 0 Å². The highest BCUT2D eigenvalue weighted by molar-refractivity contribution is 7.92. The summed E-state index contributed by atoms with van der Waals surface area (Å²) < 4.78 is 27.5. The molecule has 0 aromatic heterocycles. The summed E-state index contributed by atoms with van der Waals surface area (Å²) in [5, 5.41) is 9.28. The van der Waals surface area contributed by atoms with Crippen molar-refractivity contribution >= 4 is 15.7 Å². The van der Waals surface area contributed by atoms with Crippen LogP contribution in [0.5, 0.6) is 0 Å². The molecule has 0 unspecified atom stereocenters. The SMILES string of the molecule is O=S(=O)(Nc1ccc2c(c1)CCC2)c1ccccc1CO. The molecule has 2 aromatic carbocycles. The summed E-state index contributed by atoms with van der Waals surface area (Å²) in [6.07, 6.45) is 3.19. The van der Waals surface area contributed by atoms with Gasteiger partial charge >= 0.3 is 0 Å². The van der Waals surface area contributed by atoms with Crippen LogP contribution in [0.3, 0.4) is 0 Å². The number of aliphatic hydroxyl groups is 1. The first-order valence-electron chi connectivity index (χ1n) is 6.93. The second-order valence-electron chi connectivity index (χ2n) is 5.21. The molecule has 4 nitrogen and oxygen atoms in total. The van der Waals surface area contributed by atoms with Crippen molar-refractivity contribution in [2.75, 3.05) is 4.72 Å². The second-order valence-corrected chi connectivity index (χ2v) is 6.86. The Bertz CT molecular complexity index is 769. The second kappa shape index (κ2) is 5.50. The molecule has 5 heteroatoms. The molecule has 0 bridgehead atoms. The largest absolute Gasteiger partial charge is 0.392 e. The molecule has 110 valence electrons. The van der Waals surface area contributed by atoms with Crippen molar-refractivity contribution in [3.63, 3.8) is 0 Å². The maximum absolute atomic E-state index is 12.5. The molecule has 0 fully saturated rings. The molecule has 1 aliphatic rings. The molecule has 0 saturated carbocycles. The van der Waals surface area contributed by atoms with Gasteiger partial charge in [-0.25, -0.2) is 8.42 Å². The highest BCUT2D eigenvalue weighted by Crippen LogP contribution is 2.26. The summed E-state index contributed by atoms with van der Waals surface area (Å²) >= 11 is 0. The van der Waals surface area contributed by atoms with Gasteiger partial charge in [0.1, 0.15) is 0 Å². The number of benzene rings is 2. The number of aliphatic hydroxyl groups excluding tert-OH is 1. The van der Waals surface area contributed by atoms with Gasteiger partial charge in [-0.15, -0.1) is 0 Å². The zero-order valence-electron chi connectivity index (χ0n) is 11.5. The van der Waals surface area contributed by atoms with E-state index in [0.717, 1.165) is 19.3 Å². The standard InChI is InChI=1S/C16H17NO3S/c18-11-14-4-1-2-7-16(14)21(19,20)17-15-9-8-12-5-3-6-13(12)10-15/h1-2,4,7-10,17-18H,3,5-6,11H2. The van der Waals surface area contributed by atoms with E-state index in [0.29, 0.717) is 11.3 Å². The summed E-state index contributed by atoms with van der Waals surface area (Å²) in [5.74, 6) is 0. The van der Waals surface area contributed by atoms with Crippen LogP contribution in [0.25, 0.3) is 0 Å². The molecular weight excluding hydrogens is 286 g/mol. The van der Waals surface area contributed by atoms with Gasteiger partial charge in [0.05, 0.1) is 11.5 Å². The quantitative estimate of drug-likeness (QED) is 0.912. The molecule has 0 saturated heterocycles. The number of hydrogen-bond acceptors (Lipinski definition) is 3. The highest BCUT2D eigenvalue weighted by atomic mass is 32.2. The first kappa shape index (κ1) is 14.1. The average Bonchev–Trinajstić information content (AvgIpc) is 2.94. The number of nitrogens with one attached hydrogen (secondary N) is 1. The summed E-state index contributed by atoms with van der Waals surface area (Å²) in [6, 6.07) is 12.2. The Morgan fingerprint density at radius 1 is 1.05 bits per heavy atom. The van der Waals surface area contributed by atoms with Gasteiger partial charge in [-0.1, -0.05) is 24.3 Å². The number of aryl methyl sites for hydroxylation is 2. The number of hydrogen-bond donors (Lipinski definition) is 2. The smallest absolute Gasteiger partial charge is 0.262 e. The monoisotopic (exact) mass is 303 g/mol. The highest BCUT2D eigenvalue weighted by Gasteiger charge is 2.19. The van der Waals surface area contributed by atoms with Crippen molar-refractivity contribution in [3.8, 4) is 0 Å². The summed E-state index contributed by atoms with van der Waals surface area (Å²) in [4.78, 5) is 0.119. The lowest BCUT2D eigenvalue weighted by Gasteiger charge is -2.12. The molecule has 0 spiro atoms. The van der Waals surface area contributed by atoms with Crippen molar-refractivity contribution in [1.82, 2.24) is 0 Å². The first-order chi connectivity index (χ1) is 10.1. The van der Waals surface area contributed by atoms with E-state index in [1.54, 1.807) is 24.3 Å². The van der Waals surface area contributed by atoms with Crippen LogP contribution in [-0.4, -0.2) is 13.5 Å². The topological polar surface area (TPSA) is 66.4 Å². The first-order valence-corrected chi connectivity index (χ1v) is 8.42. The summed E-state index contributed by atoms with van der Waals surface area (Å²) in [5.41, 5.74) is 3.48. The maximum Gasteiger partial charge on any atom is 0.262 e. The minimum atomic E-state index is -3.68. The van der Waals surface area contributed by atoms with Gasteiger partial charge < -0.3 is 5.11 Å². The van der Waals surface area contributed by atoms with Gasteiger partial charge in [0, 0.05) is 5.69 Å². The van der Waals surface area contributed by atoms with Crippen molar-refractivity contribution in [2.24, 2.45) is 0 Å². The predicted molar refractivity (Wildman–Crippen MR) is 81.6 cm³/mol. The number of sulfonamides is 1. The van der Waals surface area contributed by atoms with Crippen LogP contribution < -0.4 is 4.72 Å². The molecule has 21 heavy (non-hydrogen) atoms. The predicted octanol–water partition coefficient (Wildman–Crippen LogP) is 2.47. The van der Waals surface area contributed by atoms with Gasteiger partial charge in [0.2, 0.25) is 0 Å². The number of anilines is 1. The van der Waals surface area contributed by atoms with E-state index in [1.807, 2.05) is 12.1 Å². The minimum Gasteiger partial charge on any atom is -0.392 e. The van der Waals surface area contributed by atoms with Crippen LogP contribution >= 0.6 is 0 Å². The van der Waals surface area contributed by atoms with E-state index < -0.39 is 10.0 Å². The van der Waals surface area contributed by atoms with Crippen LogP contribution in [0.4, 0.5) is 5.69 Å². The molecule has 0 radical (unpaired) electrons. The number of fused-ring (bicyclic) bond motifs is 1. The van der Waals surface area contributed by atoms with Gasteiger partial charge in [-0.05, 0) is 54.2 Å². The summed E-state index contributed by atoms with van der Waals surface area (Å²) in [7, 11) is -3.68. The van der Waals surface area contributed by atoms with Crippen molar-refractivity contribution in [3.05, 3.63) is 59.2 Å². The fourth-order valence-corrected chi connectivity index (χ4v) is 4.02. The minimum absolute atomic E-state index is 0.119. The average molecular weight is 303 g/mol. The molecule has 3 rings (SSSR count). The van der Waals surface area contributed by atoms with Gasteiger partial charge in [0.25, 0.3) is 10.0 Å². The Labute approximate surface area is 124 Å². The Balaban J connectivity index is 1.93. The number of rotatable bonds is 4. The Kier molecular flexibility index (Phi) is 3.69. The van der Waals surface area contributed by atoms with Crippen molar-refractivity contribution < 1.29 is 13.5 Å². The van der Waals surface area contributed by atoms with Crippen molar-refractivity contribution in [2.45, 2.75) is 30.8 Å². The third kappa shape index (κ3) is 2.80. The lowest BCUT2D eigenvalue weighted by molar-refractivity contribution is 0.278. The fourth-order valence-electron chi connectivity index (χ4n) is 2.74. The molecular formula is C16H17NO3S. The molecule has 2 N–H and O–H groups in total. The van der Waals surface area contributed by atoms with E-state index in [4.69, 9.17) is 0 Å². The Morgan fingerprint density at radius 3 is 2.62 bits per heavy atom. The molecule has 0 amide bonds. The molecule has 1 aliphatic carbocycles. The van der Waals surface area contributed by atoms with E-state index >= 15 is 0 Å². The fraction of sp³-hybridized carbons (Fsp3) is 0.250. The van der Waals surface area contributed by atoms with Crippen LogP contribution in [-0.2, 0) is 29.5 Å². The van der Waals surface area contributed by atoms with E-state index in [2.05, 4.69) is 4.72 Å².